The SMILES string of the molecule is CCN(C)c1nn(C(C)C2CC2)c(N)c1C#N. The Morgan fingerprint density at radius 3 is 2.76 bits per heavy atom. The summed E-state index contributed by atoms with van der Waals surface area (Å²) in [5.74, 6) is 1.87. The third-order valence-electron chi connectivity index (χ3n) is 3.57. The number of hydrogen-bond donors (Lipinski definition) is 1. The Labute approximate surface area is 102 Å². The lowest BCUT2D eigenvalue weighted by atomic mass is 10.2. The predicted molar refractivity (Wildman–Crippen MR) is 67.7 cm³/mol. The molecule has 0 saturated heterocycles. The first-order valence-electron chi connectivity index (χ1n) is 6.09. The van der Waals surface area contributed by atoms with E-state index < -0.39 is 0 Å². The van der Waals surface area contributed by atoms with Gasteiger partial charge in [-0.1, -0.05) is 0 Å². The van der Waals surface area contributed by atoms with Gasteiger partial charge in [0.05, 0.1) is 6.04 Å². The maximum Gasteiger partial charge on any atom is 0.170 e. The lowest BCUT2D eigenvalue weighted by Gasteiger charge is -2.14. The topological polar surface area (TPSA) is 70.9 Å². The highest BCUT2D eigenvalue weighted by molar-refractivity contribution is 5.64. The van der Waals surface area contributed by atoms with E-state index in [0.29, 0.717) is 29.2 Å². The zero-order chi connectivity index (χ0) is 12.6. The Kier molecular flexibility index (Phi) is 2.97. The van der Waals surface area contributed by atoms with Gasteiger partial charge in [-0.15, -0.1) is 0 Å². The fraction of sp³-hybridized carbons (Fsp3) is 0.667. The van der Waals surface area contributed by atoms with Crippen LogP contribution in [0.5, 0.6) is 0 Å². The van der Waals surface area contributed by atoms with Crippen molar-refractivity contribution in [1.29, 1.82) is 5.26 Å². The number of hydrogen-bond acceptors (Lipinski definition) is 4. The Hall–Kier alpha value is -1.70. The van der Waals surface area contributed by atoms with Gasteiger partial charge in [0.2, 0.25) is 0 Å². The van der Waals surface area contributed by atoms with Gasteiger partial charge in [0.15, 0.2) is 5.82 Å². The zero-order valence-electron chi connectivity index (χ0n) is 10.6. The molecule has 1 aliphatic carbocycles. The van der Waals surface area contributed by atoms with E-state index in [1.807, 2.05) is 23.6 Å². The first-order valence-corrected chi connectivity index (χ1v) is 6.09. The molecule has 1 unspecified atom stereocenters. The average Bonchev–Trinajstić information content (AvgIpc) is 3.11. The van der Waals surface area contributed by atoms with E-state index in [1.54, 1.807) is 0 Å². The van der Waals surface area contributed by atoms with Crippen LogP contribution in [0, 0.1) is 17.2 Å². The van der Waals surface area contributed by atoms with Crippen molar-refractivity contribution in [2.24, 2.45) is 5.92 Å². The summed E-state index contributed by atoms with van der Waals surface area (Å²) >= 11 is 0. The van der Waals surface area contributed by atoms with Crippen LogP contribution in [0.2, 0.25) is 0 Å². The van der Waals surface area contributed by atoms with Crippen molar-refractivity contribution in [1.82, 2.24) is 9.78 Å². The number of aromatic nitrogens is 2. The molecule has 1 saturated carbocycles. The van der Waals surface area contributed by atoms with Gasteiger partial charge in [0.1, 0.15) is 17.5 Å². The molecule has 1 aromatic heterocycles. The van der Waals surface area contributed by atoms with Crippen molar-refractivity contribution in [2.75, 3.05) is 24.2 Å². The van der Waals surface area contributed by atoms with E-state index in [9.17, 15) is 5.26 Å². The summed E-state index contributed by atoms with van der Waals surface area (Å²) in [6.07, 6.45) is 2.47. The molecule has 0 amide bonds. The molecule has 1 aliphatic rings. The molecule has 1 aromatic rings. The van der Waals surface area contributed by atoms with Crippen molar-refractivity contribution in [3.63, 3.8) is 0 Å². The summed E-state index contributed by atoms with van der Waals surface area (Å²) in [6, 6.07) is 2.46. The minimum atomic E-state index is 0.293. The molecular formula is C12H19N5. The number of anilines is 2. The molecule has 0 bridgehead atoms. The third kappa shape index (κ3) is 1.95. The van der Waals surface area contributed by atoms with Crippen molar-refractivity contribution < 1.29 is 0 Å². The van der Waals surface area contributed by atoms with Crippen LogP contribution in [0.15, 0.2) is 0 Å². The Morgan fingerprint density at radius 1 is 1.65 bits per heavy atom. The van der Waals surface area contributed by atoms with E-state index >= 15 is 0 Å². The number of nitriles is 1. The number of rotatable bonds is 4. The molecule has 5 heteroatoms. The van der Waals surface area contributed by atoms with Crippen LogP contribution >= 0.6 is 0 Å². The van der Waals surface area contributed by atoms with E-state index in [-0.39, 0.29) is 0 Å². The molecule has 17 heavy (non-hydrogen) atoms. The van der Waals surface area contributed by atoms with Gasteiger partial charge in [-0.2, -0.15) is 10.4 Å². The second-order valence-corrected chi connectivity index (χ2v) is 4.73. The first kappa shape index (κ1) is 11.8. The lowest BCUT2D eigenvalue weighted by Crippen LogP contribution is -2.18. The molecule has 2 rings (SSSR count). The minimum absolute atomic E-state index is 0.293. The van der Waals surface area contributed by atoms with E-state index in [2.05, 4.69) is 18.1 Å². The van der Waals surface area contributed by atoms with E-state index in [4.69, 9.17) is 5.73 Å². The summed E-state index contributed by atoms with van der Waals surface area (Å²) in [6.45, 7) is 4.96. The molecule has 92 valence electrons. The number of nitrogens with zero attached hydrogens (tertiary/aromatic N) is 4. The third-order valence-corrected chi connectivity index (χ3v) is 3.57. The van der Waals surface area contributed by atoms with E-state index in [1.165, 1.54) is 12.8 Å². The largest absolute Gasteiger partial charge is 0.383 e. The van der Waals surface area contributed by atoms with Crippen molar-refractivity contribution in [3.8, 4) is 6.07 Å². The Morgan fingerprint density at radius 2 is 2.29 bits per heavy atom. The van der Waals surface area contributed by atoms with Crippen LogP contribution in [0.4, 0.5) is 11.6 Å². The van der Waals surface area contributed by atoms with Crippen molar-refractivity contribution >= 4 is 11.6 Å². The highest BCUT2D eigenvalue weighted by Crippen LogP contribution is 2.41. The number of nitrogens with two attached hydrogens (primary N) is 1. The summed E-state index contributed by atoms with van der Waals surface area (Å²) < 4.78 is 1.82. The highest BCUT2D eigenvalue weighted by Gasteiger charge is 2.32. The normalized spacial score (nSPS) is 16.6. The quantitative estimate of drug-likeness (QED) is 0.860. The van der Waals surface area contributed by atoms with Crippen molar-refractivity contribution in [3.05, 3.63) is 5.56 Å². The lowest BCUT2D eigenvalue weighted by molar-refractivity contribution is 0.446. The molecule has 0 aromatic carbocycles. The summed E-state index contributed by atoms with van der Waals surface area (Å²) in [5.41, 5.74) is 6.53. The van der Waals surface area contributed by atoms with Gasteiger partial charge in [-0.3, -0.25) is 0 Å². The monoisotopic (exact) mass is 233 g/mol. The average molecular weight is 233 g/mol. The summed E-state index contributed by atoms with van der Waals surface area (Å²) in [7, 11) is 1.93. The van der Waals surface area contributed by atoms with Crippen LogP contribution in [0.25, 0.3) is 0 Å². The minimum Gasteiger partial charge on any atom is -0.383 e. The fourth-order valence-electron chi connectivity index (χ4n) is 2.05. The van der Waals surface area contributed by atoms with E-state index in [0.717, 1.165) is 6.54 Å². The molecule has 5 nitrogen and oxygen atoms in total. The van der Waals surface area contributed by atoms with Crippen LogP contribution in [0.1, 0.15) is 38.3 Å². The van der Waals surface area contributed by atoms with Gasteiger partial charge < -0.3 is 10.6 Å². The van der Waals surface area contributed by atoms with Crippen LogP contribution in [-0.4, -0.2) is 23.4 Å². The molecule has 1 heterocycles. The molecule has 0 radical (unpaired) electrons. The van der Waals surface area contributed by atoms with Gasteiger partial charge in [-0.05, 0) is 32.6 Å². The maximum absolute atomic E-state index is 9.18. The molecule has 0 aliphatic heterocycles. The predicted octanol–water partition coefficient (Wildman–Crippen LogP) is 1.76. The second-order valence-electron chi connectivity index (χ2n) is 4.73. The molecule has 1 atom stereocenters. The summed E-state index contributed by atoms with van der Waals surface area (Å²) in [4.78, 5) is 1.95. The number of nitrogen functional groups attached to an aromatic ring is 1. The maximum atomic E-state index is 9.18. The van der Waals surface area contributed by atoms with Crippen LogP contribution in [0.3, 0.4) is 0 Å². The highest BCUT2D eigenvalue weighted by atomic mass is 15.4. The van der Waals surface area contributed by atoms with Crippen LogP contribution in [-0.2, 0) is 0 Å². The molecule has 0 spiro atoms. The standard InChI is InChI=1S/C12H19N5/c1-4-16(3)12-10(7-13)11(14)17(15-12)8(2)9-5-6-9/h8-9H,4-6,14H2,1-3H3. The van der Waals surface area contributed by atoms with Gasteiger partial charge in [-0.25, -0.2) is 4.68 Å². The Bertz CT molecular complexity index is 452. The first-order chi connectivity index (χ1) is 8.10. The zero-order valence-corrected chi connectivity index (χ0v) is 10.6. The van der Waals surface area contributed by atoms with Crippen molar-refractivity contribution in [2.45, 2.75) is 32.7 Å². The second kappa shape index (κ2) is 4.28. The summed E-state index contributed by atoms with van der Waals surface area (Å²) in [5, 5.41) is 13.7. The van der Waals surface area contributed by atoms with Crippen LogP contribution < -0.4 is 10.6 Å². The molecule has 2 N–H and O–H groups in total. The van der Waals surface area contributed by atoms with Gasteiger partial charge >= 0.3 is 0 Å². The molecular weight excluding hydrogens is 214 g/mol. The van der Waals surface area contributed by atoms with Gasteiger partial charge in [0, 0.05) is 13.6 Å². The molecule has 1 fully saturated rings. The Balaban J connectivity index is 2.41. The van der Waals surface area contributed by atoms with Gasteiger partial charge in [0.25, 0.3) is 0 Å². The fourth-order valence-corrected chi connectivity index (χ4v) is 2.05. The smallest absolute Gasteiger partial charge is 0.170 e.